The van der Waals surface area contributed by atoms with Gasteiger partial charge in [-0.15, -0.1) is 11.3 Å². The molecule has 2 heterocycles. The van der Waals surface area contributed by atoms with E-state index in [-0.39, 0.29) is 0 Å². The van der Waals surface area contributed by atoms with Gasteiger partial charge in [0, 0.05) is 30.8 Å². The first-order valence-electron chi connectivity index (χ1n) is 5.48. The number of thiophene rings is 1. The van der Waals surface area contributed by atoms with Crippen LogP contribution in [0.1, 0.15) is 10.4 Å². The maximum atomic E-state index is 4.17. The summed E-state index contributed by atoms with van der Waals surface area (Å²) in [7, 11) is 1.91. The number of aryl methyl sites for hydroxylation is 2. The molecule has 1 N–H and O–H groups in total. The zero-order valence-electron chi connectivity index (χ0n) is 10.0. The number of nitrogens with zero attached hydrogens (tertiary/aromatic N) is 3. The fourth-order valence-electron chi connectivity index (χ4n) is 1.42. The summed E-state index contributed by atoms with van der Waals surface area (Å²) in [5, 5.41) is 10.6. The number of hydrogen-bond donors (Lipinski definition) is 1. The molecule has 4 nitrogen and oxygen atoms in total. The van der Waals surface area contributed by atoms with Crippen LogP contribution in [0.2, 0.25) is 0 Å². The van der Waals surface area contributed by atoms with E-state index >= 15 is 0 Å². The van der Waals surface area contributed by atoms with Crippen LogP contribution in [0.4, 0.5) is 0 Å². The average molecular weight is 268 g/mol. The molecule has 0 aliphatic carbocycles. The van der Waals surface area contributed by atoms with Crippen molar-refractivity contribution in [3.05, 3.63) is 28.2 Å². The van der Waals surface area contributed by atoms with E-state index in [9.17, 15) is 0 Å². The lowest BCUT2D eigenvalue weighted by atomic mass is 10.3. The zero-order chi connectivity index (χ0) is 12.1. The molecule has 0 fully saturated rings. The fourth-order valence-corrected chi connectivity index (χ4v) is 3.08. The lowest BCUT2D eigenvalue weighted by Crippen LogP contribution is -2.16. The Bertz CT molecular complexity index is 421. The highest BCUT2D eigenvalue weighted by Crippen LogP contribution is 2.15. The molecule has 0 aliphatic rings. The van der Waals surface area contributed by atoms with Crippen molar-refractivity contribution in [2.75, 3.05) is 12.3 Å². The summed E-state index contributed by atoms with van der Waals surface area (Å²) in [6, 6.07) is 2.16. The molecular weight excluding hydrogens is 252 g/mol. The maximum Gasteiger partial charge on any atom is 0.185 e. The van der Waals surface area contributed by atoms with Crippen molar-refractivity contribution in [2.24, 2.45) is 7.05 Å². The Morgan fingerprint density at radius 1 is 1.53 bits per heavy atom. The Balaban J connectivity index is 1.64. The van der Waals surface area contributed by atoms with Crippen molar-refractivity contribution >= 4 is 23.1 Å². The SMILES string of the molecule is Cc1ccsc1CNCCSc1ncnn1C. The molecule has 0 aliphatic heterocycles. The first kappa shape index (κ1) is 12.6. The van der Waals surface area contributed by atoms with Gasteiger partial charge in [0.2, 0.25) is 0 Å². The van der Waals surface area contributed by atoms with Gasteiger partial charge in [0.25, 0.3) is 0 Å². The van der Waals surface area contributed by atoms with Crippen LogP contribution in [0.15, 0.2) is 22.9 Å². The second-order valence-electron chi connectivity index (χ2n) is 3.72. The van der Waals surface area contributed by atoms with E-state index in [0.717, 1.165) is 24.0 Å². The summed E-state index contributed by atoms with van der Waals surface area (Å²) >= 11 is 3.54. The minimum absolute atomic E-state index is 0.961. The van der Waals surface area contributed by atoms with Crippen molar-refractivity contribution in [2.45, 2.75) is 18.6 Å². The van der Waals surface area contributed by atoms with Gasteiger partial charge in [-0.1, -0.05) is 11.8 Å². The Hall–Kier alpha value is -0.850. The Kier molecular flexibility index (Phi) is 4.58. The third-order valence-corrected chi connectivity index (χ3v) is 4.49. The van der Waals surface area contributed by atoms with Gasteiger partial charge in [-0.05, 0) is 23.9 Å². The lowest BCUT2D eigenvalue weighted by Gasteiger charge is -2.03. The highest BCUT2D eigenvalue weighted by Gasteiger charge is 2.01. The number of nitrogens with one attached hydrogen (secondary N) is 1. The van der Waals surface area contributed by atoms with Crippen molar-refractivity contribution in [1.82, 2.24) is 20.1 Å². The average Bonchev–Trinajstić information content (AvgIpc) is 2.89. The quantitative estimate of drug-likeness (QED) is 0.643. The Morgan fingerprint density at radius 2 is 2.41 bits per heavy atom. The van der Waals surface area contributed by atoms with Crippen LogP contribution in [-0.2, 0) is 13.6 Å². The second kappa shape index (κ2) is 6.18. The maximum absolute atomic E-state index is 4.17. The third-order valence-electron chi connectivity index (χ3n) is 2.43. The predicted molar refractivity (Wildman–Crippen MR) is 72.5 cm³/mol. The van der Waals surface area contributed by atoms with Crippen molar-refractivity contribution in [3.63, 3.8) is 0 Å². The molecule has 0 saturated heterocycles. The van der Waals surface area contributed by atoms with Crippen LogP contribution in [0.3, 0.4) is 0 Å². The van der Waals surface area contributed by atoms with Gasteiger partial charge in [-0.2, -0.15) is 5.10 Å². The van der Waals surface area contributed by atoms with E-state index in [2.05, 4.69) is 33.8 Å². The van der Waals surface area contributed by atoms with Gasteiger partial charge >= 0.3 is 0 Å². The van der Waals surface area contributed by atoms with E-state index in [1.165, 1.54) is 10.4 Å². The normalized spacial score (nSPS) is 10.9. The topological polar surface area (TPSA) is 42.7 Å². The Labute approximate surface area is 109 Å². The number of rotatable bonds is 6. The van der Waals surface area contributed by atoms with Gasteiger partial charge in [-0.25, -0.2) is 9.67 Å². The molecule has 0 radical (unpaired) electrons. The number of aromatic nitrogens is 3. The van der Waals surface area contributed by atoms with E-state index in [1.54, 1.807) is 22.8 Å². The molecule has 17 heavy (non-hydrogen) atoms. The molecule has 0 amide bonds. The fraction of sp³-hybridized carbons (Fsp3) is 0.455. The summed E-state index contributed by atoms with van der Waals surface area (Å²) in [4.78, 5) is 5.59. The lowest BCUT2D eigenvalue weighted by molar-refractivity contribution is 0.683. The largest absolute Gasteiger partial charge is 0.311 e. The molecule has 0 unspecified atom stereocenters. The highest BCUT2D eigenvalue weighted by molar-refractivity contribution is 7.99. The molecule has 6 heteroatoms. The monoisotopic (exact) mass is 268 g/mol. The van der Waals surface area contributed by atoms with E-state index in [4.69, 9.17) is 0 Å². The minimum Gasteiger partial charge on any atom is -0.311 e. The van der Waals surface area contributed by atoms with Crippen LogP contribution in [0, 0.1) is 6.92 Å². The predicted octanol–water partition coefficient (Wildman–Crippen LogP) is 2.07. The van der Waals surface area contributed by atoms with E-state index in [1.807, 2.05) is 18.4 Å². The summed E-state index contributed by atoms with van der Waals surface area (Å²) in [6.07, 6.45) is 1.59. The van der Waals surface area contributed by atoms with Crippen LogP contribution in [0.5, 0.6) is 0 Å². The van der Waals surface area contributed by atoms with Crippen molar-refractivity contribution in [1.29, 1.82) is 0 Å². The van der Waals surface area contributed by atoms with Gasteiger partial charge in [0.15, 0.2) is 5.16 Å². The smallest absolute Gasteiger partial charge is 0.185 e. The van der Waals surface area contributed by atoms with Gasteiger partial charge in [0.05, 0.1) is 0 Å². The summed E-state index contributed by atoms with van der Waals surface area (Å²) in [6.45, 7) is 4.10. The van der Waals surface area contributed by atoms with Gasteiger partial charge in [0.1, 0.15) is 6.33 Å². The molecule has 2 rings (SSSR count). The number of thioether (sulfide) groups is 1. The molecule has 0 aromatic carbocycles. The molecular formula is C11H16N4S2. The zero-order valence-corrected chi connectivity index (χ0v) is 11.6. The highest BCUT2D eigenvalue weighted by atomic mass is 32.2. The summed E-state index contributed by atoms with van der Waals surface area (Å²) in [5.74, 6) is 1.01. The van der Waals surface area contributed by atoms with Crippen LogP contribution >= 0.6 is 23.1 Å². The molecule has 0 spiro atoms. The first-order chi connectivity index (χ1) is 8.27. The first-order valence-corrected chi connectivity index (χ1v) is 7.34. The molecule has 0 saturated carbocycles. The molecule has 92 valence electrons. The Morgan fingerprint density at radius 3 is 3.06 bits per heavy atom. The van der Waals surface area contributed by atoms with Crippen LogP contribution < -0.4 is 5.32 Å². The van der Waals surface area contributed by atoms with Crippen LogP contribution in [0.25, 0.3) is 0 Å². The van der Waals surface area contributed by atoms with Crippen molar-refractivity contribution < 1.29 is 0 Å². The van der Waals surface area contributed by atoms with Crippen LogP contribution in [-0.4, -0.2) is 27.1 Å². The van der Waals surface area contributed by atoms with E-state index in [0.29, 0.717) is 0 Å². The molecule has 2 aromatic heterocycles. The van der Waals surface area contributed by atoms with Gasteiger partial charge < -0.3 is 5.32 Å². The molecule has 0 atom stereocenters. The second-order valence-corrected chi connectivity index (χ2v) is 5.78. The molecule has 2 aromatic rings. The van der Waals surface area contributed by atoms with E-state index < -0.39 is 0 Å². The number of hydrogen-bond acceptors (Lipinski definition) is 5. The van der Waals surface area contributed by atoms with Gasteiger partial charge in [-0.3, -0.25) is 0 Å². The molecule has 0 bridgehead atoms. The third kappa shape index (κ3) is 3.55. The van der Waals surface area contributed by atoms with Crippen molar-refractivity contribution in [3.8, 4) is 0 Å². The summed E-state index contributed by atoms with van der Waals surface area (Å²) < 4.78 is 1.80. The minimum atomic E-state index is 0.961. The summed E-state index contributed by atoms with van der Waals surface area (Å²) in [5.41, 5.74) is 1.38. The standard InChI is InChI=1S/C11H16N4S2/c1-9-3-5-16-10(9)7-12-4-6-17-11-13-8-14-15(11)2/h3,5,8,12H,4,6-7H2,1-2H3.